The number of hydrogen-bond acceptors (Lipinski definition) is 7. The number of amides is 1. The summed E-state index contributed by atoms with van der Waals surface area (Å²) in [6, 6.07) is 13.5. The van der Waals surface area contributed by atoms with Crippen LogP contribution in [0.1, 0.15) is 21.9 Å². The lowest BCUT2D eigenvalue weighted by molar-refractivity contribution is 0.0946. The van der Waals surface area contributed by atoms with E-state index in [2.05, 4.69) is 25.3 Å². The molecule has 0 atom stereocenters. The predicted molar refractivity (Wildman–Crippen MR) is 124 cm³/mol. The van der Waals surface area contributed by atoms with Crippen molar-refractivity contribution in [3.05, 3.63) is 78.2 Å². The Labute approximate surface area is 189 Å². The van der Waals surface area contributed by atoms with Gasteiger partial charge in [0.25, 0.3) is 5.91 Å². The second-order valence-corrected chi connectivity index (χ2v) is 7.61. The molecule has 0 saturated heterocycles. The zero-order valence-electron chi connectivity index (χ0n) is 18.1. The van der Waals surface area contributed by atoms with Gasteiger partial charge in [0, 0.05) is 35.6 Å². The highest BCUT2D eigenvalue weighted by Crippen LogP contribution is 2.31. The summed E-state index contributed by atoms with van der Waals surface area (Å²) in [5, 5.41) is 3.81. The van der Waals surface area contributed by atoms with E-state index < -0.39 is 5.91 Å². The van der Waals surface area contributed by atoms with Crippen molar-refractivity contribution in [1.82, 2.24) is 29.8 Å². The van der Waals surface area contributed by atoms with E-state index in [1.165, 1.54) is 12.5 Å². The van der Waals surface area contributed by atoms with Crippen LogP contribution >= 0.6 is 0 Å². The van der Waals surface area contributed by atoms with Crippen LogP contribution in [0.4, 0.5) is 5.82 Å². The SMILES string of the molecule is Cc1ccc(CNC(=O)c2nc(-c3ccc4ncccc4c3)c(-c3ncco3)nc2N)n1C. The zero-order valence-corrected chi connectivity index (χ0v) is 18.1. The number of aryl methyl sites for hydroxylation is 1. The Hall–Kier alpha value is -4.53. The first-order valence-corrected chi connectivity index (χ1v) is 10.3. The summed E-state index contributed by atoms with van der Waals surface area (Å²) in [6.45, 7) is 2.34. The highest BCUT2D eigenvalue weighted by atomic mass is 16.3. The molecule has 1 amide bonds. The second-order valence-electron chi connectivity index (χ2n) is 7.61. The molecule has 0 saturated carbocycles. The van der Waals surface area contributed by atoms with Crippen molar-refractivity contribution < 1.29 is 9.21 Å². The maximum absolute atomic E-state index is 13.0. The van der Waals surface area contributed by atoms with Crippen molar-refractivity contribution in [3.63, 3.8) is 0 Å². The van der Waals surface area contributed by atoms with Gasteiger partial charge in [-0.15, -0.1) is 0 Å². The van der Waals surface area contributed by atoms with Crippen molar-refractivity contribution in [1.29, 1.82) is 0 Å². The van der Waals surface area contributed by atoms with Crippen molar-refractivity contribution in [2.24, 2.45) is 7.05 Å². The number of hydrogen-bond donors (Lipinski definition) is 2. The van der Waals surface area contributed by atoms with Crippen molar-refractivity contribution in [2.45, 2.75) is 13.5 Å². The molecule has 164 valence electrons. The number of rotatable bonds is 5. The van der Waals surface area contributed by atoms with E-state index in [0.29, 0.717) is 17.9 Å². The minimum atomic E-state index is -0.415. The number of fused-ring (bicyclic) bond motifs is 1. The molecular formula is C24H21N7O2. The monoisotopic (exact) mass is 439 g/mol. The zero-order chi connectivity index (χ0) is 22.9. The number of nitrogens with zero attached hydrogens (tertiary/aromatic N) is 5. The van der Waals surface area contributed by atoms with E-state index in [-0.39, 0.29) is 17.4 Å². The molecule has 5 rings (SSSR count). The molecule has 33 heavy (non-hydrogen) atoms. The number of benzene rings is 1. The maximum Gasteiger partial charge on any atom is 0.274 e. The Morgan fingerprint density at radius 2 is 1.97 bits per heavy atom. The predicted octanol–water partition coefficient (Wildman–Crippen LogP) is 3.51. The molecule has 4 aromatic heterocycles. The molecule has 1 aromatic carbocycles. The molecule has 0 bridgehead atoms. The molecule has 0 unspecified atom stereocenters. The van der Waals surface area contributed by atoms with Crippen molar-refractivity contribution in [3.8, 4) is 22.8 Å². The molecule has 0 aliphatic heterocycles. The summed E-state index contributed by atoms with van der Waals surface area (Å²) in [7, 11) is 1.95. The summed E-state index contributed by atoms with van der Waals surface area (Å²) in [5.41, 5.74) is 10.6. The molecule has 3 N–H and O–H groups in total. The quantitative estimate of drug-likeness (QED) is 0.429. The van der Waals surface area contributed by atoms with Crippen LogP contribution < -0.4 is 11.1 Å². The van der Waals surface area contributed by atoms with Crippen LogP contribution in [-0.2, 0) is 13.6 Å². The van der Waals surface area contributed by atoms with Crippen LogP contribution in [0.15, 0.2) is 65.5 Å². The van der Waals surface area contributed by atoms with Crippen LogP contribution in [0.25, 0.3) is 33.7 Å². The van der Waals surface area contributed by atoms with Gasteiger partial charge in [-0.25, -0.2) is 15.0 Å². The normalized spacial score (nSPS) is 11.1. The Morgan fingerprint density at radius 3 is 2.73 bits per heavy atom. The van der Waals surface area contributed by atoms with E-state index in [4.69, 9.17) is 10.2 Å². The molecule has 0 aliphatic rings. The third-order valence-electron chi connectivity index (χ3n) is 5.56. The standard InChI is InChI=1S/C24H21N7O2/c1-14-5-7-17(31(14)2)13-28-23(32)21-22(25)30-20(24-27-10-11-33-24)19(29-21)16-6-8-18-15(12-16)4-3-9-26-18/h3-12H,13H2,1-2H3,(H2,25,30)(H,28,32). The van der Waals surface area contributed by atoms with E-state index >= 15 is 0 Å². The second kappa shape index (κ2) is 8.19. The number of oxazole rings is 1. The summed E-state index contributed by atoms with van der Waals surface area (Å²) in [6.07, 6.45) is 4.70. The average Bonchev–Trinajstić information content (AvgIpc) is 3.48. The van der Waals surface area contributed by atoms with Crippen LogP contribution in [0.3, 0.4) is 0 Å². The first kappa shape index (κ1) is 20.4. The molecule has 9 heteroatoms. The number of anilines is 1. The van der Waals surface area contributed by atoms with Crippen LogP contribution in [0.2, 0.25) is 0 Å². The van der Waals surface area contributed by atoms with Crippen molar-refractivity contribution in [2.75, 3.05) is 5.73 Å². The smallest absolute Gasteiger partial charge is 0.274 e. The number of nitrogens with two attached hydrogens (primary N) is 1. The molecule has 0 spiro atoms. The minimum Gasteiger partial charge on any atom is -0.443 e. The Bertz CT molecular complexity index is 1470. The molecule has 9 nitrogen and oxygen atoms in total. The number of carbonyl (C=O) groups is 1. The fraction of sp³-hybridized carbons (Fsp3) is 0.125. The summed E-state index contributed by atoms with van der Waals surface area (Å²) in [5.74, 6) is -0.154. The Balaban J connectivity index is 1.56. The first-order chi connectivity index (χ1) is 16.0. The van der Waals surface area contributed by atoms with E-state index in [1.807, 2.05) is 61.0 Å². The van der Waals surface area contributed by atoms with E-state index in [1.54, 1.807) is 6.20 Å². The lowest BCUT2D eigenvalue weighted by Crippen LogP contribution is -2.26. The van der Waals surface area contributed by atoms with Gasteiger partial charge in [0.15, 0.2) is 17.2 Å². The molecular weight excluding hydrogens is 418 g/mol. The van der Waals surface area contributed by atoms with Gasteiger partial charge in [0.1, 0.15) is 12.0 Å². The van der Waals surface area contributed by atoms with Crippen LogP contribution in [0, 0.1) is 6.92 Å². The molecule has 5 aromatic rings. The number of carbonyl (C=O) groups excluding carboxylic acids is 1. The van der Waals surface area contributed by atoms with Crippen LogP contribution in [0.5, 0.6) is 0 Å². The Morgan fingerprint density at radius 1 is 1.09 bits per heavy atom. The molecule has 0 aliphatic carbocycles. The van der Waals surface area contributed by atoms with Gasteiger partial charge in [-0.1, -0.05) is 12.1 Å². The summed E-state index contributed by atoms with van der Waals surface area (Å²) < 4.78 is 7.47. The average molecular weight is 439 g/mol. The van der Waals surface area contributed by atoms with Gasteiger partial charge >= 0.3 is 0 Å². The number of nitrogen functional groups attached to an aromatic ring is 1. The lowest BCUT2D eigenvalue weighted by Gasteiger charge is -2.12. The van der Waals surface area contributed by atoms with E-state index in [0.717, 1.165) is 27.9 Å². The summed E-state index contributed by atoms with van der Waals surface area (Å²) in [4.78, 5) is 30.6. The molecule has 4 heterocycles. The maximum atomic E-state index is 13.0. The topological polar surface area (TPSA) is 125 Å². The lowest BCUT2D eigenvalue weighted by atomic mass is 10.1. The van der Waals surface area contributed by atoms with Gasteiger partial charge in [0.05, 0.1) is 18.3 Å². The number of pyridine rings is 1. The highest BCUT2D eigenvalue weighted by Gasteiger charge is 2.22. The van der Waals surface area contributed by atoms with Crippen molar-refractivity contribution >= 4 is 22.6 Å². The fourth-order valence-corrected chi connectivity index (χ4v) is 3.63. The van der Waals surface area contributed by atoms with Gasteiger partial charge in [0.2, 0.25) is 5.89 Å². The number of aromatic nitrogens is 5. The highest BCUT2D eigenvalue weighted by molar-refractivity contribution is 5.98. The molecule has 0 fully saturated rings. The third kappa shape index (κ3) is 3.80. The first-order valence-electron chi connectivity index (χ1n) is 10.3. The van der Waals surface area contributed by atoms with Gasteiger partial charge < -0.3 is 20.0 Å². The summed E-state index contributed by atoms with van der Waals surface area (Å²) >= 11 is 0. The fourth-order valence-electron chi connectivity index (χ4n) is 3.63. The number of nitrogens with one attached hydrogen (secondary N) is 1. The van der Waals surface area contributed by atoms with E-state index in [9.17, 15) is 4.79 Å². The Kier molecular flexibility index (Phi) is 5.06. The largest absolute Gasteiger partial charge is 0.443 e. The minimum absolute atomic E-state index is 0.00466. The molecule has 0 radical (unpaired) electrons. The van der Waals surface area contributed by atoms with Gasteiger partial charge in [-0.05, 0) is 37.3 Å². The van der Waals surface area contributed by atoms with Gasteiger partial charge in [-0.2, -0.15) is 0 Å². The van der Waals surface area contributed by atoms with Gasteiger partial charge in [-0.3, -0.25) is 9.78 Å². The van der Waals surface area contributed by atoms with Crippen LogP contribution in [-0.4, -0.2) is 30.4 Å². The third-order valence-corrected chi connectivity index (χ3v) is 5.56.